The van der Waals surface area contributed by atoms with Crippen LogP contribution in [0.15, 0.2) is 59.3 Å². The van der Waals surface area contributed by atoms with Gasteiger partial charge in [-0.05, 0) is 36.8 Å². The minimum Gasteiger partial charge on any atom is -0.122 e. The van der Waals surface area contributed by atoms with Crippen LogP contribution in [0.1, 0.15) is 25.7 Å². The van der Waals surface area contributed by atoms with Crippen LogP contribution < -0.4 is 0 Å². The normalized spacial score (nSPS) is 20.7. The lowest BCUT2D eigenvalue weighted by atomic mass is 9.98. The van der Waals surface area contributed by atoms with Crippen LogP contribution in [0.4, 0.5) is 0 Å². The molecule has 0 aromatic heterocycles. The summed E-state index contributed by atoms with van der Waals surface area (Å²) < 4.78 is 0. The summed E-state index contributed by atoms with van der Waals surface area (Å²) in [7, 11) is 0. The number of hydrogen-bond donors (Lipinski definition) is 0. The van der Waals surface area contributed by atoms with E-state index in [-0.39, 0.29) is 0 Å². The number of alkyl halides is 1. The first-order valence-corrected chi connectivity index (χ1v) is 6.41. The first-order chi connectivity index (χ1) is 7.88. The Bertz CT molecular complexity index is 392. The number of rotatable bonds is 3. The molecule has 0 atom stereocenters. The minimum absolute atomic E-state index is 0.668. The first kappa shape index (κ1) is 11.5. The Morgan fingerprint density at radius 2 is 2.06 bits per heavy atom. The summed E-state index contributed by atoms with van der Waals surface area (Å²) in [6.07, 6.45) is 20.1. The van der Waals surface area contributed by atoms with E-state index in [0.29, 0.717) is 5.88 Å². The molecule has 0 aromatic rings. The first-order valence-electron chi connectivity index (χ1n) is 5.88. The Morgan fingerprint density at radius 3 is 2.69 bits per heavy atom. The molecule has 0 fully saturated rings. The molecule has 0 nitrogen and oxygen atoms in total. The third-order valence-corrected chi connectivity index (χ3v) is 3.30. The molecule has 2 rings (SSSR count). The quantitative estimate of drug-likeness (QED) is 0.619. The summed E-state index contributed by atoms with van der Waals surface area (Å²) in [6, 6.07) is 0. The SMILES string of the molecule is ClCC1=CC=C(/C=C/C2=CCCC=C2)CC1. The summed E-state index contributed by atoms with van der Waals surface area (Å²) in [4.78, 5) is 0. The van der Waals surface area contributed by atoms with Crippen molar-refractivity contribution in [2.24, 2.45) is 0 Å². The largest absolute Gasteiger partial charge is 0.122 e. The third kappa shape index (κ3) is 3.24. The zero-order valence-electron chi connectivity index (χ0n) is 9.45. The molecule has 16 heavy (non-hydrogen) atoms. The van der Waals surface area contributed by atoms with E-state index in [2.05, 4.69) is 42.5 Å². The summed E-state index contributed by atoms with van der Waals surface area (Å²) in [5.41, 5.74) is 4.07. The fraction of sp³-hybridized carbons (Fsp3) is 0.333. The van der Waals surface area contributed by atoms with E-state index in [4.69, 9.17) is 11.6 Å². The lowest BCUT2D eigenvalue weighted by Crippen LogP contribution is -1.92. The van der Waals surface area contributed by atoms with Gasteiger partial charge < -0.3 is 0 Å². The number of hydrogen-bond acceptors (Lipinski definition) is 0. The maximum atomic E-state index is 5.79. The monoisotopic (exact) mass is 232 g/mol. The zero-order valence-corrected chi connectivity index (χ0v) is 10.2. The van der Waals surface area contributed by atoms with Crippen LogP contribution >= 0.6 is 11.6 Å². The molecular weight excluding hydrogens is 216 g/mol. The Labute approximate surface area is 103 Å². The van der Waals surface area contributed by atoms with Gasteiger partial charge in [0.25, 0.3) is 0 Å². The fourth-order valence-corrected chi connectivity index (χ4v) is 2.13. The second-order valence-electron chi connectivity index (χ2n) is 4.22. The van der Waals surface area contributed by atoms with Gasteiger partial charge >= 0.3 is 0 Å². The Hall–Kier alpha value is -1.01. The molecule has 0 N–H and O–H groups in total. The predicted molar refractivity (Wildman–Crippen MR) is 71.7 cm³/mol. The Kier molecular flexibility index (Phi) is 4.24. The second kappa shape index (κ2) is 5.91. The molecule has 0 radical (unpaired) electrons. The molecule has 0 saturated heterocycles. The van der Waals surface area contributed by atoms with Crippen molar-refractivity contribution < 1.29 is 0 Å². The van der Waals surface area contributed by atoms with E-state index in [1.54, 1.807) is 0 Å². The minimum atomic E-state index is 0.668. The van der Waals surface area contributed by atoms with Crippen LogP contribution in [0.25, 0.3) is 0 Å². The van der Waals surface area contributed by atoms with Crippen molar-refractivity contribution >= 4 is 11.6 Å². The standard InChI is InChI=1S/C15H17Cl/c16-12-15-10-8-14(9-11-15)7-6-13-4-2-1-3-5-13/h2,4-8,10H,1,3,9,11-12H2/b7-6+. The highest BCUT2D eigenvalue weighted by atomic mass is 35.5. The van der Waals surface area contributed by atoms with Gasteiger partial charge in [-0.3, -0.25) is 0 Å². The molecule has 0 aromatic carbocycles. The maximum absolute atomic E-state index is 5.79. The van der Waals surface area contributed by atoms with Crippen molar-refractivity contribution in [3.05, 3.63) is 59.3 Å². The Morgan fingerprint density at radius 1 is 1.12 bits per heavy atom. The lowest BCUT2D eigenvalue weighted by Gasteiger charge is -2.10. The van der Waals surface area contributed by atoms with Crippen LogP contribution in [0, 0.1) is 0 Å². The average molecular weight is 233 g/mol. The smallest absolute Gasteiger partial charge is 0.0436 e. The van der Waals surface area contributed by atoms with Crippen LogP contribution in [-0.4, -0.2) is 5.88 Å². The van der Waals surface area contributed by atoms with Gasteiger partial charge in [0.2, 0.25) is 0 Å². The lowest BCUT2D eigenvalue weighted by molar-refractivity contribution is 0.929. The molecular formula is C15H17Cl. The van der Waals surface area contributed by atoms with Gasteiger partial charge in [-0.1, -0.05) is 48.1 Å². The number of halogens is 1. The molecule has 1 heteroatoms. The highest BCUT2D eigenvalue weighted by Gasteiger charge is 2.03. The van der Waals surface area contributed by atoms with E-state index in [1.165, 1.54) is 29.6 Å². The van der Waals surface area contributed by atoms with Gasteiger partial charge in [-0.25, -0.2) is 0 Å². The van der Waals surface area contributed by atoms with Gasteiger partial charge in [0.1, 0.15) is 0 Å². The van der Waals surface area contributed by atoms with E-state index in [9.17, 15) is 0 Å². The maximum Gasteiger partial charge on any atom is 0.0436 e. The van der Waals surface area contributed by atoms with Crippen LogP contribution in [-0.2, 0) is 0 Å². The summed E-state index contributed by atoms with van der Waals surface area (Å²) in [5.74, 6) is 0.668. The van der Waals surface area contributed by atoms with Gasteiger partial charge in [-0.2, -0.15) is 0 Å². The van der Waals surface area contributed by atoms with Crippen LogP contribution in [0.5, 0.6) is 0 Å². The summed E-state index contributed by atoms with van der Waals surface area (Å²) in [6.45, 7) is 0. The highest BCUT2D eigenvalue weighted by Crippen LogP contribution is 2.21. The molecule has 0 saturated carbocycles. The molecule has 0 bridgehead atoms. The van der Waals surface area contributed by atoms with Crippen LogP contribution in [0.2, 0.25) is 0 Å². The fourth-order valence-electron chi connectivity index (χ4n) is 1.91. The molecule has 0 unspecified atom stereocenters. The van der Waals surface area contributed by atoms with Gasteiger partial charge in [0.15, 0.2) is 0 Å². The molecule has 2 aliphatic carbocycles. The van der Waals surface area contributed by atoms with E-state index in [1.807, 2.05) is 0 Å². The molecule has 0 aliphatic heterocycles. The van der Waals surface area contributed by atoms with Crippen molar-refractivity contribution in [1.29, 1.82) is 0 Å². The summed E-state index contributed by atoms with van der Waals surface area (Å²) in [5, 5.41) is 0. The third-order valence-electron chi connectivity index (χ3n) is 2.95. The molecule has 0 spiro atoms. The van der Waals surface area contributed by atoms with Crippen molar-refractivity contribution in [3.8, 4) is 0 Å². The molecule has 84 valence electrons. The predicted octanol–water partition coefficient (Wildman–Crippen LogP) is 4.70. The Balaban J connectivity index is 1.98. The highest BCUT2D eigenvalue weighted by molar-refractivity contribution is 6.19. The summed E-state index contributed by atoms with van der Waals surface area (Å²) >= 11 is 5.79. The van der Waals surface area contributed by atoms with Gasteiger partial charge in [0.05, 0.1) is 0 Å². The van der Waals surface area contributed by atoms with Crippen LogP contribution in [0.3, 0.4) is 0 Å². The van der Waals surface area contributed by atoms with E-state index in [0.717, 1.165) is 12.8 Å². The van der Waals surface area contributed by atoms with Crippen molar-refractivity contribution in [3.63, 3.8) is 0 Å². The van der Waals surface area contributed by atoms with Gasteiger partial charge in [0, 0.05) is 5.88 Å². The van der Waals surface area contributed by atoms with E-state index >= 15 is 0 Å². The van der Waals surface area contributed by atoms with Crippen molar-refractivity contribution in [2.75, 3.05) is 5.88 Å². The molecule has 0 heterocycles. The van der Waals surface area contributed by atoms with Crippen molar-refractivity contribution in [1.82, 2.24) is 0 Å². The zero-order chi connectivity index (χ0) is 11.2. The van der Waals surface area contributed by atoms with Gasteiger partial charge in [-0.15, -0.1) is 11.6 Å². The molecule has 2 aliphatic rings. The molecule has 0 amide bonds. The topological polar surface area (TPSA) is 0 Å². The van der Waals surface area contributed by atoms with E-state index < -0.39 is 0 Å². The average Bonchev–Trinajstić information content (AvgIpc) is 2.38. The number of allylic oxidation sites excluding steroid dienone is 10. The van der Waals surface area contributed by atoms with Crippen molar-refractivity contribution in [2.45, 2.75) is 25.7 Å². The second-order valence-corrected chi connectivity index (χ2v) is 4.48.